The fraction of sp³-hybridized carbons (Fsp3) is 0.296. The van der Waals surface area contributed by atoms with Crippen molar-refractivity contribution in [3.63, 3.8) is 0 Å². The minimum atomic E-state index is 0. The summed E-state index contributed by atoms with van der Waals surface area (Å²) < 4.78 is 5.58. The highest BCUT2D eigenvalue weighted by Gasteiger charge is 2.02. The maximum atomic E-state index is 11.2. The van der Waals surface area contributed by atoms with Gasteiger partial charge in [0.2, 0.25) is 0 Å². The molecule has 0 atom stereocenters. The molecule has 32 heavy (non-hydrogen) atoms. The molecule has 0 saturated heterocycles. The largest absolute Gasteiger partial charge is 0.508 e. The second-order valence-corrected chi connectivity index (χ2v) is 5.93. The van der Waals surface area contributed by atoms with Crippen molar-refractivity contribution in [2.75, 3.05) is 0 Å². The minimum Gasteiger partial charge on any atom is -0.508 e. The van der Waals surface area contributed by atoms with Gasteiger partial charge < -0.3 is 9.84 Å². The van der Waals surface area contributed by atoms with Crippen LogP contribution in [0.4, 0.5) is 0 Å². The van der Waals surface area contributed by atoms with Gasteiger partial charge in [0.05, 0.1) is 0 Å². The van der Waals surface area contributed by atoms with Gasteiger partial charge in [0.25, 0.3) is 0 Å². The third-order valence-electron chi connectivity index (χ3n) is 3.73. The standard InChI is InChI=1S/C13H11NO2.C9H10O2.2C2H6.CH4.H2/c1-10(15)11-3-2-4-13(9-11)16-12-5-7-14-8-6-12;1-6-5-8(7(2)10)3-4-9(6)11;2*1-2;;/h2-9H,1H3;3-5,11H,1-2H3;2*1-2H3;1H4;1H. The van der Waals surface area contributed by atoms with E-state index in [-0.39, 0.29) is 26.2 Å². The van der Waals surface area contributed by atoms with E-state index in [1.807, 2.05) is 33.8 Å². The van der Waals surface area contributed by atoms with Crippen LogP contribution in [0.5, 0.6) is 17.2 Å². The molecule has 2 aromatic carbocycles. The number of carbonyl (C=O) groups is 2. The summed E-state index contributed by atoms with van der Waals surface area (Å²) in [5, 5.41) is 9.11. The van der Waals surface area contributed by atoms with Gasteiger partial charge in [-0.1, -0.05) is 47.3 Å². The predicted molar refractivity (Wildman–Crippen MR) is 135 cm³/mol. The average Bonchev–Trinajstić information content (AvgIpc) is 2.79. The summed E-state index contributed by atoms with van der Waals surface area (Å²) in [6.45, 7) is 12.8. The molecule has 3 aromatic rings. The van der Waals surface area contributed by atoms with Crippen molar-refractivity contribution in [1.29, 1.82) is 0 Å². The predicted octanol–water partition coefficient (Wildman–Crippen LogP) is 7.91. The van der Waals surface area contributed by atoms with Crippen LogP contribution in [-0.2, 0) is 0 Å². The van der Waals surface area contributed by atoms with Crippen LogP contribution in [0, 0.1) is 6.92 Å². The van der Waals surface area contributed by atoms with E-state index in [0.717, 1.165) is 5.56 Å². The molecule has 0 radical (unpaired) electrons. The highest BCUT2D eigenvalue weighted by molar-refractivity contribution is 5.94. The molecule has 0 amide bonds. The molecule has 0 fully saturated rings. The fourth-order valence-corrected chi connectivity index (χ4v) is 2.20. The van der Waals surface area contributed by atoms with E-state index in [4.69, 9.17) is 9.84 Å². The number of pyridine rings is 1. The van der Waals surface area contributed by atoms with Crippen molar-refractivity contribution in [3.8, 4) is 17.2 Å². The number of ketones is 2. The van der Waals surface area contributed by atoms with Gasteiger partial charge >= 0.3 is 0 Å². The zero-order valence-electron chi connectivity index (χ0n) is 19.5. The number of phenols is 1. The molecule has 0 aliphatic rings. The molecule has 0 bridgehead atoms. The first kappa shape index (κ1) is 30.7. The van der Waals surface area contributed by atoms with Gasteiger partial charge in [-0.3, -0.25) is 14.6 Å². The highest BCUT2D eigenvalue weighted by Crippen LogP contribution is 2.21. The summed E-state index contributed by atoms with van der Waals surface area (Å²) in [5.41, 5.74) is 2.02. The Morgan fingerprint density at radius 3 is 1.84 bits per heavy atom. The molecule has 0 aliphatic heterocycles. The molecule has 1 N–H and O–H groups in total. The van der Waals surface area contributed by atoms with E-state index < -0.39 is 0 Å². The maximum absolute atomic E-state index is 11.2. The normalized spacial score (nSPS) is 8.59. The van der Waals surface area contributed by atoms with E-state index in [9.17, 15) is 9.59 Å². The number of hydrogen-bond acceptors (Lipinski definition) is 5. The number of carbonyl (C=O) groups excluding carboxylic acids is 2. The molecule has 1 aromatic heterocycles. The number of nitrogens with zero attached hydrogens (tertiary/aromatic N) is 1. The van der Waals surface area contributed by atoms with Gasteiger partial charge in [0.15, 0.2) is 11.6 Å². The van der Waals surface area contributed by atoms with Crippen LogP contribution >= 0.6 is 0 Å². The molecule has 0 spiro atoms. The summed E-state index contributed by atoms with van der Waals surface area (Å²) in [5.74, 6) is 1.64. The molecular formula is C27H39NO4. The molecule has 176 valence electrons. The Labute approximate surface area is 194 Å². The Bertz CT molecular complexity index is 944. The first-order valence-electron chi connectivity index (χ1n) is 10.4. The van der Waals surface area contributed by atoms with Crippen molar-refractivity contribution in [2.24, 2.45) is 0 Å². The first-order valence-corrected chi connectivity index (χ1v) is 10.4. The Morgan fingerprint density at radius 2 is 1.34 bits per heavy atom. The molecular weight excluding hydrogens is 402 g/mol. The molecule has 0 saturated carbocycles. The topological polar surface area (TPSA) is 76.5 Å². The molecule has 3 rings (SSSR count). The van der Waals surface area contributed by atoms with Crippen LogP contribution in [0.25, 0.3) is 0 Å². The van der Waals surface area contributed by atoms with Crippen molar-refractivity contribution in [3.05, 3.63) is 83.7 Å². The van der Waals surface area contributed by atoms with E-state index >= 15 is 0 Å². The van der Waals surface area contributed by atoms with Gasteiger partial charge in [-0.25, -0.2) is 0 Å². The molecule has 0 aliphatic carbocycles. The van der Waals surface area contributed by atoms with Crippen LogP contribution in [0.2, 0.25) is 0 Å². The zero-order chi connectivity index (χ0) is 23.8. The zero-order valence-corrected chi connectivity index (χ0v) is 19.5. The third-order valence-corrected chi connectivity index (χ3v) is 3.73. The number of benzene rings is 2. The number of phenolic OH excluding ortho intramolecular Hbond substituents is 1. The Kier molecular flexibility index (Phi) is 16.5. The third kappa shape index (κ3) is 11.1. The SMILES string of the molecule is C.CC.CC.CC(=O)c1ccc(O)c(C)c1.CC(=O)c1cccc(Oc2ccncc2)c1.[HH]. The quantitative estimate of drug-likeness (QED) is 0.416. The smallest absolute Gasteiger partial charge is 0.159 e. The molecule has 5 nitrogen and oxygen atoms in total. The summed E-state index contributed by atoms with van der Waals surface area (Å²) >= 11 is 0. The fourth-order valence-electron chi connectivity index (χ4n) is 2.20. The summed E-state index contributed by atoms with van der Waals surface area (Å²) in [6, 6.07) is 15.5. The Hall–Kier alpha value is -3.47. The van der Waals surface area contributed by atoms with Crippen LogP contribution < -0.4 is 4.74 Å². The van der Waals surface area contributed by atoms with Crippen LogP contribution in [0.15, 0.2) is 67.0 Å². The Morgan fingerprint density at radius 1 is 0.812 bits per heavy atom. The van der Waals surface area contributed by atoms with Crippen LogP contribution in [-0.4, -0.2) is 21.7 Å². The maximum Gasteiger partial charge on any atom is 0.159 e. The highest BCUT2D eigenvalue weighted by atomic mass is 16.5. The molecule has 0 unspecified atom stereocenters. The lowest BCUT2D eigenvalue weighted by Crippen LogP contribution is -1.92. The van der Waals surface area contributed by atoms with E-state index in [2.05, 4.69) is 4.98 Å². The average molecular weight is 442 g/mol. The summed E-state index contributed by atoms with van der Waals surface area (Å²) in [7, 11) is 0. The Balaban J connectivity index is -0.000000469. The summed E-state index contributed by atoms with van der Waals surface area (Å²) in [6.07, 6.45) is 3.31. The minimum absolute atomic E-state index is 0. The number of rotatable bonds is 4. The van der Waals surface area contributed by atoms with Crippen molar-refractivity contribution in [1.82, 2.24) is 4.98 Å². The van der Waals surface area contributed by atoms with E-state index in [0.29, 0.717) is 22.6 Å². The second-order valence-electron chi connectivity index (χ2n) is 5.93. The lowest BCUT2D eigenvalue weighted by molar-refractivity contribution is 0.100. The van der Waals surface area contributed by atoms with Gasteiger partial charge in [-0.05, 0) is 68.8 Å². The van der Waals surface area contributed by atoms with Gasteiger partial charge in [0, 0.05) is 24.9 Å². The van der Waals surface area contributed by atoms with E-state index in [1.54, 1.807) is 61.8 Å². The molecule has 1 heterocycles. The monoisotopic (exact) mass is 441 g/mol. The number of Topliss-reactive ketones (excluding diaryl/α,β-unsaturated/α-hetero) is 2. The second kappa shape index (κ2) is 17.2. The van der Waals surface area contributed by atoms with E-state index in [1.165, 1.54) is 19.9 Å². The number of ether oxygens (including phenoxy) is 1. The van der Waals surface area contributed by atoms with Gasteiger partial charge in [-0.2, -0.15) is 0 Å². The number of aromatic hydroxyl groups is 1. The number of aromatic nitrogens is 1. The van der Waals surface area contributed by atoms with Crippen LogP contribution in [0.3, 0.4) is 0 Å². The summed E-state index contributed by atoms with van der Waals surface area (Å²) in [4.78, 5) is 25.9. The number of aryl methyl sites for hydroxylation is 1. The van der Waals surface area contributed by atoms with Crippen LogP contribution in [0.1, 0.15) is 76.7 Å². The first-order chi connectivity index (χ1) is 14.9. The van der Waals surface area contributed by atoms with Gasteiger partial charge in [0.1, 0.15) is 17.2 Å². The van der Waals surface area contributed by atoms with Crippen molar-refractivity contribution >= 4 is 11.6 Å². The van der Waals surface area contributed by atoms with Crippen molar-refractivity contribution in [2.45, 2.75) is 55.9 Å². The lowest BCUT2D eigenvalue weighted by atomic mass is 10.1. The number of hydrogen-bond donors (Lipinski definition) is 1. The lowest BCUT2D eigenvalue weighted by Gasteiger charge is -2.05. The van der Waals surface area contributed by atoms with Gasteiger partial charge in [-0.15, -0.1) is 0 Å². The molecule has 5 heteroatoms. The van der Waals surface area contributed by atoms with Crippen molar-refractivity contribution < 1.29 is 20.9 Å².